The van der Waals surface area contributed by atoms with Gasteiger partial charge in [-0.3, -0.25) is 4.98 Å². The van der Waals surface area contributed by atoms with Crippen LogP contribution in [0, 0.1) is 11.8 Å². The zero-order chi connectivity index (χ0) is 12.6. The first-order valence-corrected chi connectivity index (χ1v) is 5.93. The molecule has 90 valence electrons. The van der Waals surface area contributed by atoms with Gasteiger partial charge < -0.3 is 4.74 Å². The van der Waals surface area contributed by atoms with Gasteiger partial charge in [-0.25, -0.2) is 0 Å². The van der Waals surface area contributed by atoms with Gasteiger partial charge in [0, 0.05) is 11.8 Å². The summed E-state index contributed by atoms with van der Waals surface area (Å²) in [6, 6.07) is 15.7. The summed E-state index contributed by atoms with van der Waals surface area (Å²) >= 11 is 0. The second kappa shape index (κ2) is 6.58. The molecule has 18 heavy (non-hydrogen) atoms. The van der Waals surface area contributed by atoms with Gasteiger partial charge in [0.2, 0.25) is 0 Å². The predicted octanol–water partition coefficient (Wildman–Crippen LogP) is 3.04. The fraction of sp³-hybridized carbons (Fsp3) is 0.188. The fourth-order valence-corrected chi connectivity index (χ4v) is 1.44. The van der Waals surface area contributed by atoms with Crippen LogP contribution in [0.1, 0.15) is 18.2 Å². The lowest BCUT2D eigenvalue weighted by atomic mass is 10.2. The zero-order valence-corrected chi connectivity index (χ0v) is 10.3. The van der Waals surface area contributed by atoms with Gasteiger partial charge in [-0.2, -0.15) is 0 Å². The molecule has 1 unspecified atom stereocenters. The van der Waals surface area contributed by atoms with E-state index in [2.05, 4.69) is 16.8 Å². The molecule has 2 rings (SSSR count). The predicted molar refractivity (Wildman–Crippen MR) is 71.8 cm³/mol. The number of pyridine rings is 1. The van der Waals surface area contributed by atoms with Crippen molar-refractivity contribution in [2.45, 2.75) is 19.6 Å². The molecule has 0 spiro atoms. The standard InChI is InChI=1S/C16H15NO/c1-14(10-11-15-7-3-2-4-8-15)18-13-16-9-5-6-12-17-16/h2-9,12,14H,13H2,1H3. The van der Waals surface area contributed by atoms with Crippen molar-refractivity contribution >= 4 is 0 Å². The van der Waals surface area contributed by atoms with Crippen molar-refractivity contribution < 1.29 is 4.74 Å². The minimum atomic E-state index is -0.104. The van der Waals surface area contributed by atoms with Crippen LogP contribution in [0.15, 0.2) is 54.7 Å². The number of nitrogens with zero attached hydrogens (tertiary/aromatic N) is 1. The lowest BCUT2D eigenvalue weighted by Crippen LogP contribution is -2.05. The third-order valence-electron chi connectivity index (χ3n) is 2.40. The third-order valence-corrected chi connectivity index (χ3v) is 2.40. The Hall–Kier alpha value is -2.11. The first-order valence-electron chi connectivity index (χ1n) is 5.93. The quantitative estimate of drug-likeness (QED) is 0.765. The van der Waals surface area contributed by atoms with Crippen LogP contribution in [-0.2, 0) is 11.3 Å². The van der Waals surface area contributed by atoms with Crippen LogP contribution in [0.25, 0.3) is 0 Å². The first-order chi connectivity index (χ1) is 8.84. The highest BCUT2D eigenvalue weighted by atomic mass is 16.5. The Labute approximate surface area is 108 Å². The topological polar surface area (TPSA) is 22.1 Å². The highest BCUT2D eigenvalue weighted by Crippen LogP contribution is 2.00. The molecule has 1 heterocycles. The Balaban J connectivity index is 1.86. The summed E-state index contributed by atoms with van der Waals surface area (Å²) in [6.45, 7) is 2.43. The summed E-state index contributed by atoms with van der Waals surface area (Å²) in [6.07, 6.45) is 1.66. The Bertz CT molecular complexity index is 525. The van der Waals surface area contributed by atoms with Gasteiger partial charge in [0.1, 0.15) is 6.10 Å². The number of ether oxygens (including phenoxy) is 1. The molecule has 1 aromatic heterocycles. The molecule has 0 radical (unpaired) electrons. The summed E-state index contributed by atoms with van der Waals surface area (Å²) in [4.78, 5) is 4.20. The third kappa shape index (κ3) is 4.04. The van der Waals surface area contributed by atoms with Crippen molar-refractivity contribution in [1.29, 1.82) is 0 Å². The number of hydrogen-bond acceptors (Lipinski definition) is 2. The van der Waals surface area contributed by atoms with Gasteiger partial charge in [0.05, 0.1) is 12.3 Å². The Morgan fingerprint density at radius 1 is 1.11 bits per heavy atom. The van der Waals surface area contributed by atoms with Crippen LogP contribution in [0.3, 0.4) is 0 Å². The van der Waals surface area contributed by atoms with E-state index in [1.807, 2.05) is 55.5 Å². The van der Waals surface area contributed by atoms with E-state index >= 15 is 0 Å². The molecule has 0 aliphatic heterocycles. The van der Waals surface area contributed by atoms with Gasteiger partial charge in [-0.15, -0.1) is 0 Å². The molecule has 2 nitrogen and oxygen atoms in total. The van der Waals surface area contributed by atoms with Crippen LogP contribution < -0.4 is 0 Å². The lowest BCUT2D eigenvalue weighted by molar-refractivity contribution is 0.0877. The maximum atomic E-state index is 5.61. The van der Waals surface area contributed by atoms with Crippen LogP contribution in [0.5, 0.6) is 0 Å². The molecule has 0 fully saturated rings. The van der Waals surface area contributed by atoms with E-state index < -0.39 is 0 Å². The molecule has 2 aromatic rings. The summed E-state index contributed by atoms with van der Waals surface area (Å²) in [5.41, 5.74) is 1.93. The minimum absolute atomic E-state index is 0.104. The summed E-state index contributed by atoms with van der Waals surface area (Å²) in [7, 11) is 0. The van der Waals surface area contributed by atoms with Gasteiger partial charge in [0.25, 0.3) is 0 Å². The van der Waals surface area contributed by atoms with E-state index in [0.29, 0.717) is 6.61 Å². The van der Waals surface area contributed by atoms with Gasteiger partial charge in [-0.05, 0) is 31.2 Å². The van der Waals surface area contributed by atoms with Crippen LogP contribution in [-0.4, -0.2) is 11.1 Å². The number of benzene rings is 1. The van der Waals surface area contributed by atoms with Crippen molar-refractivity contribution in [1.82, 2.24) is 4.98 Å². The van der Waals surface area contributed by atoms with E-state index in [1.165, 1.54) is 0 Å². The molecule has 1 atom stereocenters. The average Bonchev–Trinajstić information content (AvgIpc) is 2.45. The molecule has 0 bridgehead atoms. The first kappa shape index (κ1) is 12.3. The molecule has 0 aliphatic rings. The van der Waals surface area contributed by atoms with E-state index in [-0.39, 0.29) is 6.10 Å². The van der Waals surface area contributed by atoms with Crippen molar-refractivity contribution in [2.75, 3.05) is 0 Å². The molecule has 0 saturated carbocycles. The van der Waals surface area contributed by atoms with Crippen molar-refractivity contribution in [3.8, 4) is 11.8 Å². The van der Waals surface area contributed by atoms with Crippen molar-refractivity contribution in [3.63, 3.8) is 0 Å². The number of aromatic nitrogens is 1. The minimum Gasteiger partial charge on any atom is -0.360 e. The summed E-state index contributed by atoms with van der Waals surface area (Å²) < 4.78 is 5.61. The Morgan fingerprint density at radius 3 is 2.61 bits per heavy atom. The summed E-state index contributed by atoms with van der Waals surface area (Å²) in [5, 5.41) is 0. The van der Waals surface area contributed by atoms with Crippen LogP contribution in [0.2, 0.25) is 0 Å². The van der Waals surface area contributed by atoms with Gasteiger partial charge in [-0.1, -0.05) is 36.1 Å². The van der Waals surface area contributed by atoms with Crippen molar-refractivity contribution in [2.24, 2.45) is 0 Å². The average molecular weight is 237 g/mol. The SMILES string of the molecule is CC(C#Cc1ccccc1)OCc1ccccn1. The molecule has 0 aliphatic carbocycles. The monoisotopic (exact) mass is 237 g/mol. The van der Waals surface area contributed by atoms with E-state index in [1.54, 1.807) is 6.20 Å². The van der Waals surface area contributed by atoms with E-state index in [4.69, 9.17) is 4.74 Å². The maximum Gasteiger partial charge on any atom is 0.116 e. The van der Waals surface area contributed by atoms with Crippen LogP contribution >= 0.6 is 0 Å². The van der Waals surface area contributed by atoms with Gasteiger partial charge in [0.15, 0.2) is 0 Å². The largest absolute Gasteiger partial charge is 0.360 e. The molecule has 1 aromatic carbocycles. The van der Waals surface area contributed by atoms with Crippen LogP contribution in [0.4, 0.5) is 0 Å². The highest BCUT2D eigenvalue weighted by molar-refractivity contribution is 5.34. The Kier molecular flexibility index (Phi) is 4.52. The summed E-state index contributed by atoms with van der Waals surface area (Å²) in [5.74, 6) is 6.15. The molecular weight excluding hydrogens is 222 g/mol. The van der Waals surface area contributed by atoms with Crippen molar-refractivity contribution in [3.05, 3.63) is 66.0 Å². The van der Waals surface area contributed by atoms with E-state index in [0.717, 1.165) is 11.3 Å². The number of rotatable bonds is 3. The molecule has 0 amide bonds. The second-order valence-corrected chi connectivity index (χ2v) is 3.91. The fourth-order valence-electron chi connectivity index (χ4n) is 1.44. The smallest absolute Gasteiger partial charge is 0.116 e. The highest BCUT2D eigenvalue weighted by Gasteiger charge is 1.98. The molecule has 0 N–H and O–H groups in total. The zero-order valence-electron chi connectivity index (χ0n) is 10.3. The lowest BCUT2D eigenvalue weighted by Gasteiger charge is -2.05. The normalized spacial score (nSPS) is 11.4. The molecular formula is C16H15NO. The van der Waals surface area contributed by atoms with E-state index in [9.17, 15) is 0 Å². The second-order valence-electron chi connectivity index (χ2n) is 3.91. The Morgan fingerprint density at radius 2 is 1.89 bits per heavy atom. The van der Waals surface area contributed by atoms with Gasteiger partial charge >= 0.3 is 0 Å². The molecule has 2 heteroatoms. The number of hydrogen-bond donors (Lipinski definition) is 0. The maximum absolute atomic E-state index is 5.61. The molecule has 0 saturated heterocycles.